The normalized spacial score (nSPS) is 26.8. The number of benzene rings is 1. The summed E-state index contributed by atoms with van der Waals surface area (Å²) in [6, 6.07) is 13.8. The van der Waals surface area contributed by atoms with E-state index in [1.165, 1.54) is 42.5 Å². The lowest BCUT2D eigenvalue weighted by atomic mass is 10.0. The lowest BCUT2D eigenvalue weighted by Crippen LogP contribution is -2.46. The SMILES string of the molecule is C[C@@H]1CN(c2ccccc2CN2CCCCC[C@H]2c2ccncc2)C[C@@H](C)O1. The Kier molecular flexibility index (Phi) is 6.28. The highest BCUT2D eigenvalue weighted by molar-refractivity contribution is 5.54. The molecule has 28 heavy (non-hydrogen) atoms. The summed E-state index contributed by atoms with van der Waals surface area (Å²) in [6.45, 7) is 8.46. The first-order valence-electron chi connectivity index (χ1n) is 10.8. The van der Waals surface area contributed by atoms with E-state index in [0.29, 0.717) is 6.04 Å². The van der Waals surface area contributed by atoms with E-state index in [1.54, 1.807) is 0 Å². The molecule has 2 fully saturated rings. The topological polar surface area (TPSA) is 28.6 Å². The summed E-state index contributed by atoms with van der Waals surface area (Å²) in [6.07, 6.45) is 9.58. The Labute approximate surface area is 169 Å². The summed E-state index contributed by atoms with van der Waals surface area (Å²) in [4.78, 5) is 9.44. The van der Waals surface area contributed by atoms with Gasteiger partial charge in [0.15, 0.2) is 0 Å². The third kappa shape index (κ3) is 4.56. The Morgan fingerprint density at radius 2 is 1.71 bits per heavy atom. The molecule has 4 rings (SSSR count). The standard InChI is InChI=1S/C24H33N3O/c1-19-16-27(17-20(2)28-19)24-10-6-5-8-22(24)18-26-15-7-3-4-9-23(26)21-11-13-25-14-12-21/h5-6,8,10-14,19-20,23H,3-4,7,9,15-18H2,1-2H3/t19-,20-,23+/m1/s1. The average Bonchev–Trinajstić information content (AvgIpc) is 2.94. The van der Waals surface area contributed by atoms with Gasteiger partial charge in [0.05, 0.1) is 12.2 Å². The number of ether oxygens (including phenoxy) is 1. The number of aromatic nitrogens is 1. The summed E-state index contributed by atoms with van der Waals surface area (Å²) in [5, 5.41) is 0. The van der Waals surface area contributed by atoms with Gasteiger partial charge in [-0.05, 0) is 62.6 Å². The molecule has 150 valence electrons. The van der Waals surface area contributed by atoms with Crippen molar-refractivity contribution in [3.8, 4) is 0 Å². The zero-order valence-corrected chi connectivity index (χ0v) is 17.3. The van der Waals surface area contributed by atoms with Crippen molar-refractivity contribution in [2.24, 2.45) is 0 Å². The Hall–Kier alpha value is -1.91. The van der Waals surface area contributed by atoms with Crippen LogP contribution in [0, 0.1) is 0 Å². The fourth-order valence-electron chi connectivity index (χ4n) is 4.87. The smallest absolute Gasteiger partial charge is 0.0726 e. The van der Waals surface area contributed by atoms with Gasteiger partial charge in [-0.25, -0.2) is 0 Å². The molecular formula is C24H33N3O. The average molecular weight is 380 g/mol. The van der Waals surface area contributed by atoms with Crippen molar-refractivity contribution in [2.45, 2.75) is 64.3 Å². The van der Waals surface area contributed by atoms with Crippen LogP contribution in [-0.2, 0) is 11.3 Å². The lowest BCUT2D eigenvalue weighted by molar-refractivity contribution is -0.00530. The zero-order chi connectivity index (χ0) is 19.3. The first-order valence-corrected chi connectivity index (χ1v) is 10.8. The van der Waals surface area contributed by atoms with Gasteiger partial charge in [-0.15, -0.1) is 0 Å². The van der Waals surface area contributed by atoms with Crippen LogP contribution in [-0.4, -0.2) is 41.7 Å². The van der Waals surface area contributed by atoms with Gasteiger partial charge in [0.1, 0.15) is 0 Å². The van der Waals surface area contributed by atoms with Gasteiger partial charge in [0, 0.05) is 43.8 Å². The molecule has 0 saturated carbocycles. The first kappa shape index (κ1) is 19.4. The summed E-state index contributed by atoms with van der Waals surface area (Å²) in [7, 11) is 0. The van der Waals surface area contributed by atoms with Crippen molar-refractivity contribution in [1.29, 1.82) is 0 Å². The Balaban J connectivity index is 1.58. The number of rotatable bonds is 4. The fraction of sp³-hybridized carbons (Fsp3) is 0.542. The molecule has 0 N–H and O–H groups in total. The molecule has 2 aliphatic rings. The summed E-state index contributed by atoms with van der Waals surface area (Å²) >= 11 is 0. The molecule has 3 heterocycles. The predicted molar refractivity (Wildman–Crippen MR) is 115 cm³/mol. The largest absolute Gasteiger partial charge is 0.372 e. The molecule has 2 saturated heterocycles. The molecule has 1 aromatic carbocycles. The quantitative estimate of drug-likeness (QED) is 0.762. The summed E-state index contributed by atoms with van der Waals surface area (Å²) < 4.78 is 5.96. The van der Waals surface area contributed by atoms with Crippen LogP contribution in [0.5, 0.6) is 0 Å². The second-order valence-electron chi connectivity index (χ2n) is 8.41. The van der Waals surface area contributed by atoms with Gasteiger partial charge < -0.3 is 9.64 Å². The van der Waals surface area contributed by atoms with Gasteiger partial charge in [-0.2, -0.15) is 0 Å². The maximum atomic E-state index is 5.96. The molecule has 3 atom stereocenters. The van der Waals surface area contributed by atoms with Crippen LogP contribution < -0.4 is 4.90 Å². The van der Waals surface area contributed by atoms with E-state index in [0.717, 1.165) is 26.2 Å². The highest BCUT2D eigenvalue weighted by atomic mass is 16.5. The highest BCUT2D eigenvalue weighted by Crippen LogP contribution is 2.33. The number of nitrogens with zero attached hydrogens (tertiary/aromatic N) is 3. The molecule has 0 aliphatic carbocycles. The summed E-state index contributed by atoms with van der Waals surface area (Å²) in [5.74, 6) is 0. The molecule has 4 nitrogen and oxygen atoms in total. The van der Waals surface area contributed by atoms with E-state index in [4.69, 9.17) is 4.74 Å². The van der Waals surface area contributed by atoms with Crippen LogP contribution in [0.15, 0.2) is 48.8 Å². The van der Waals surface area contributed by atoms with Crippen molar-refractivity contribution < 1.29 is 4.74 Å². The Morgan fingerprint density at radius 1 is 0.964 bits per heavy atom. The minimum Gasteiger partial charge on any atom is -0.372 e. The monoisotopic (exact) mass is 379 g/mol. The molecule has 2 aromatic rings. The van der Waals surface area contributed by atoms with Crippen molar-refractivity contribution in [3.63, 3.8) is 0 Å². The molecule has 4 heteroatoms. The molecule has 1 aromatic heterocycles. The minimum absolute atomic E-state index is 0.277. The van der Waals surface area contributed by atoms with Crippen molar-refractivity contribution in [2.75, 3.05) is 24.5 Å². The van der Waals surface area contributed by atoms with Crippen LogP contribution in [0.1, 0.15) is 56.7 Å². The maximum Gasteiger partial charge on any atom is 0.0726 e. The van der Waals surface area contributed by atoms with Gasteiger partial charge in [0.25, 0.3) is 0 Å². The number of likely N-dealkylation sites (tertiary alicyclic amines) is 1. The second kappa shape index (κ2) is 9.06. The number of hydrogen-bond acceptors (Lipinski definition) is 4. The third-order valence-electron chi connectivity index (χ3n) is 6.08. The lowest BCUT2D eigenvalue weighted by Gasteiger charge is -2.39. The van der Waals surface area contributed by atoms with E-state index in [-0.39, 0.29) is 12.2 Å². The molecule has 0 bridgehead atoms. The second-order valence-corrected chi connectivity index (χ2v) is 8.41. The van der Waals surface area contributed by atoms with Crippen LogP contribution in [0.3, 0.4) is 0 Å². The fourth-order valence-corrected chi connectivity index (χ4v) is 4.87. The number of hydrogen-bond donors (Lipinski definition) is 0. The number of morpholine rings is 1. The van der Waals surface area contributed by atoms with Crippen molar-refractivity contribution in [1.82, 2.24) is 9.88 Å². The number of para-hydroxylation sites is 1. The Morgan fingerprint density at radius 3 is 2.50 bits per heavy atom. The van der Waals surface area contributed by atoms with E-state index < -0.39 is 0 Å². The molecular weight excluding hydrogens is 346 g/mol. The van der Waals surface area contributed by atoms with Crippen molar-refractivity contribution >= 4 is 5.69 Å². The van der Waals surface area contributed by atoms with Gasteiger partial charge in [0.2, 0.25) is 0 Å². The van der Waals surface area contributed by atoms with Gasteiger partial charge in [-0.1, -0.05) is 31.0 Å². The minimum atomic E-state index is 0.277. The van der Waals surface area contributed by atoms with E-state index in [1.807, 2.05) is 12.4 Å². The highest BCUT2D eigenvalue weighted by Gasteiger charge is 2.26. The molecule has 0 unspecified atom stereocenters. The molecule has 0 radical (unpaired) electrons. The Bertz CT molecular complexity index is 741. The zero-order valence-electron chi connectivity index (χ0n) is 17.3. The molecule has 2 aliphatic heterocycles. The predicted octanol–water partition coefficient (Wildman–Crippen LogP) is 4.81. The number of anilines is 1. The summed E-state index contributed by atoms with van der Waals surface area (Å²) in [5.41, 5.74) is 4.22. The van der Waals surface area contributed by atoms with E-state index in [2.05, 4.69) is 65.0 Å². The van der Waals surface area contributed by atoms with Crippen molar-refractivity contribution in [3.05, 3.63) is 59.9 Å². The maximum absolute atomic E-state index is 5.96. The number of pyridine rings is 1. The van der Waals surface area contributed by atoms with Gasteiger partial charge in [-0.3, -0.25) is 9.88 Å². The molecule has 0 spiro atoms. The third-order valence-corrected chi connectivity index (χ3v) is 6.08. The molecule has 0 amide bonds. The first-order chi connectivity index (χ1) is 13.7. The van der Waals surface area contributed by atoms with E-state index in [9.17, 15) is 0 Å². The van der Waals surface area contributed by atoms with Crippen LogP contribution in [0.2, 0.25) is 0 Å². The van der Waals surface area contributed by atoms with Crippen LogP contribution in [0.25, 0.3) is 0 Å². The van der Waals surface area contributed by atoms with Crippen LogP contribution >= 0.6 is 0 Å². The van der Waals surface area contributed by atoms with E-state index >= 15 is 0 Å². The van der Waals surface area contributed by atoms with Gasteiger partial charge >= 0.3 is 0 Å². The van der Waals surface area contributed by atoms with Crippen LogP contribution in [0.4, 0.5) is 5.69 Å².